The van der Waals surface area contributed by atoms with Crippen LogP contribution in [0.2, 0.25) is 0 Å². The Morgan fingerprint density at radius 1 is 1.67 bits per heavy atom. The van der Waals surface area contributed by atoms with Gasteiger partial charge in [-0.1, -0.05) is 0 Å². The minimum atomic E-state index is 0.775. The van der Waals surface area contributed by atoms with Crippen molar-refractivity contribution in [3.8, 4) is 0 Å². The summed E-state index contributed by atoms with van der Waals surface area (Å²) in [4.78, 5) is 2.31. The molecular weight excluding hydrogens is 114 g/mol. The normalized spacial score (nSPS) is 22.0. The first-order chi connectivity index (χ1) is 4.36. The molecule has 9 heavy (non-hydrogen) atoms. The van der Waals surface area contributed by atoms with Crippen molar-refractivity contribution in [3.05, 3.63) is 6.92 Å². The van der Waals surface area contributed by atoms with Crippen LogP contribution in [-0.2, 0) is 4.74 Å². The summed E-state index contributed by atoms with van der Waals surface area (Å²) in [6.07, 6.45) is 0. The Morgan fingerprint density at radius 2 is 2.33 bits per heavy atom. The van der Waals surface area contributed by atoms with Crippen LogP contribution in [0.4, 0.5) is 0 Å². The number of rotatable bonds is 3. The molecule has 0 spiro atoms. The molecule has 0 aromatic rings. The summed E-state index contributed by atoms with van der Waals surface area (Å²) in [6, 6.07) is 0. The Morgan fingerprint density at radius 3 is 2.78 bits per heavy atom. The van der Waals surface area contributed by atoms with Crippen LogP contribution in [0, 0.1) is 12.8 Å². The molecular formula is C7H14NO. The van der Waals surface area contributed by atoms with E-state index in [1.807, 2.05) is 0 Å². The maximum absolute atomic E-state index is 4.99. The van der Waals surface area contributed by atoms with Crippen molar-refractivity contribution in [1.29, 1.82) is 0 Å². The van der Waals surface area contributed by atoms with Crippen molar-refractivity contribution in [3.63, 3.8) is 0 Å². The zero-order valence-corrected chi connectivity index (χ0v) is 5.97. The van der Waals surface area contributed by atoms with Crippen LogP contribution in [0.3, 0.4) is 0 Å². The lowest BCUT2D eigenvalue weighted by Gasteiger charge is -2.37. The highest BCUT2D eigenvalue weighted by Crippen LogP contribution is 2.13. The van der Waals surface area contributed by atoms with Crippen molar-refractivity contribution >= 4 is 0 Å². The summed E-state index contributed by atoms with van der Waals surface area (Å²) < 4.78 is 4.99. The maximum Gasteiger partial charge on any atom is 0.0515 e. The second kappa shape index (κ2) is 3.18. The monoisotopic (exact) mass is 128 g/mol. The average Bonchev–Trinajstić information content (AvgIpc) is 1.77. The van der Waals surface area contributed by atoms with E-state index in [1.54, 1.807) is 7.11 Å². The Hall–Kier alpha value is -0.0800. The molecule has 1 radical (unpaired) electrons. The van der Waals surface area contributed by atoms with E-state index >= 15 is 0 Å². The fraction of sp³-hybridized carbons (Fsp3) is 0.857. The third-order valence-electron chi connectivity index (χ3n) is 1.75. The number of hydrogen-bond acceptors (Lipinski definition) is 2. The lowest BCUT2D eigenvalue weighted by atomic mass is 10.0. The van der Waals surface area contributed by atoms with Gasteiger partial charge in [-0.3, -0.25) is 0 Å². The molecule has 1 heterocycles. The van der Waals surface area contributed by atoms with E-state index in [0.717, 1.165) is 19.1 Å². The molecule has 0 bridgehead atoms. The van der Waals surface area contributed by atoms with Gasteiger partial charge in [0.25, 0.3) is 0 Å². The standard InChI is InChI=1S/C7H14NO/c1-3-8-4-7(5-8)6-9-2/h7H,1,3-6H2,2H3. The highest BCUT2D eigenvalue weighted by atomic mass is 16.5. The molecule has 1 rings (SSSR count). The van der Waals surface area contributed by atoms with Crippen LogP contribution in [-0.4, -0.2) is 38.3 Å². The molecule has 1 aliphatic heterocycles. The topological polar surface area (TPSA) is 12.5 Å². The fourth-order valence-corrected chi connectivity index (χ4v) is 1.20. The van der Waals surface area contributed by atoms with E-state index in [9.17, 15) is 0 Å². The Bertz CT molecular complexity index is 79.0. The zero-order chi connectivity index (χ0) is 6.69. The summed E-state index contributed by atoms with van der Waals surface area (Å²) in [5.41, 5.74) is 0. The zero-order valence-electron chi connectivity index (χ0n) is 5.97. The number of methoxy groups -OCH3 is 1. The molecule has 2 heteroatoms. The summed E-state index contributed by atoms with van der Waals surface area (Å²) in [5.74, 6) is 0.775. The fourth-order valence-electron chi connectivity index (χ4n) is 1.20. The van der Waals surface area contributed by atoms with Gasteiger partial charge in [0.15, 0.2) is 0 Å². The number of likely N-dealkylation sites (tertiary alicyclic amines) is 1. The molecule has 53 valence electrons. The highest BCUT2D eigenvalue weighted by molar-refractivity contribution is 4.79. The average molecular weight is 128 g/mol. The third kappa shape index (κ3) is 1.66. The van der Waals surface area contributed by atoms with Gasteiger partial charge in [-0.15, -0.1) is 0 Å². The van der Waals surface area contributed by atoms with Gasteiger partial charge in [0.1, 0.15) is 0 Å². The third-order valence-corrected chi connectivity index (χ3v) is 1.75. The second-order valence-electron chi connectivity index (χ2n) is 2.58. The highest BCUT2D eigenvalue weighted by Gasteiger charge is 2.24. The van der Waals surface area contributed by atoms with E-state index in [1.165, 1.54) is 13.1 Å². The first-order valence-electron chi connectivity index (χ1n) is 3.37. The van der Waals surface area contributed by atoms with Gasteiger partial charge in [-0.2, -0.15) is 0 Å². The van der Waals surface area contributed by atoms with E-state index in [2.05, 4.69) is 11.8 Å². The van der Waals surface area contributed by atoms with Crippen LogP contribution in [0.5, 0.6) is 0 Å². The first kappa shape index (κ1) is 7.03. The Kier molecular flexibility index (Phi) is 2.49. The predicted molar refractivity (Wildman–Crippen MR) is 37.2 cm³/mol. The molecule has 0 aliphatic carbocycles. The molecule has 0 saturated carbocycles. The molecule has 0 N–H and O–H groups in total. The quantitative estimate of drug-likeness (QED) is 0.545. The van der Waals surface area contributed by atoms with Gasteiger partial charge in [0, 0.05) is 26.1 Å². The molecule has 0 aromatic heterocycles. The van der Waals surface area contributed by atoms with Crippen LogP contribution in [0.25, 0.3) is 0 Å². The summed E-state index contributed by atoms with van der Waals surface area (Å²) >= 11 is 0. The smallest absolute Gasteiger partial charge is 0.0515 e. The maximum atomic E-state index is 4.99. The van der Waals surface area contributed by atoms with Crippen molar-refractivity contribution in [1.82, 2.24) is 4.90 Å². The van der Waals surface area contributed by atoms with E-state index in [0.29, 0.717) is 0 Å². The predicted octanol–water partition coefficient (Wildman–Crippen LogP) is 0.399. The largest absolute Gasteiger partial charge is 0.384 e. The van der Waals surface area contributed by atoms with Gasteiger partial charge >= 0.3 is 0 Å². The summed E-state index contributed by atoms with van der Waals surface area (Å²) in [5, 5.41) is 0. The van der Waals surface area contributed by atoms with Crippen LogP contribution < -0.4 is 0 Å². The minimum Gasteiger partial charge on any atom is -0.384 e. The van der Waals surface area contributed by atoms with Crippen molar-refractivity contribution < 1.29 is 4.74 Å². The van der Waals surface area contributed by atoms with Gasteiger partial charge in [0.2, 0.25) is 0 Å². The number of nitrogens with zero attached hydrogens (tertiary/aromatic N) is 1. The van der Waals surface area contributed by atoms with Gasteiger partial charge < -0.3 is 9.64 Å². The SMILES string of the molecule is [CH2]CN1CC(COC)C1. The molecule has 0 aromatic carbocycles. The molecule has 1 saturated heterocycles. The molecule has 0 amide bonds. The van der Waals surface area contributed by atoms with Crippen molar-refractivity contribution in [2.24, 2.45) is 5.92 Å². The molecule has 0 atom stereocenters. The molecule has 0 unspecified atom stereocenters. The van der Waals surface area contributed by atoms with Gasteiger partial charge in [-0.05, 0) is 13.5 Å². The van der Waals surface area contributed by atoms with Crippen molar-refractivity contribution in [2.45, 2.75) is 0 Å². The Labute approximate surface area is 56.8 Å². The van der Waals surface area contributed by atoms with E-state index in [4.69, 9.17) is 4.74 Å². The molecule has 1 fully saturated rings. The second-order valence-corrected chi connectivity index (χ2v) is 2.58. The number of ether oxygens (including phenoxy) is 1. The molecule has 1 aliphatic rings. The van der Waals surface area contributed by atoms with Crippen LogP contribution >= 0.6 is 0 Å². The van der Waals surface area contributed by atoms with Crippen LogP contribution in [0.1, 0.15) is 0 Å². The minimum absolute atomic E-state index is 0.775. The molecule has 2 nitrogen and oxygen atoms in total. The van der Waals surface area contributed by atoms with Gasteiger partial charge in [0.05, 0.1) is 6.61 Å². The van der Waals surface area contributed by atoms with Crippen LogP contribution in [0.15, 0.2) is 0 Å². The lowest BCUT2D eigenvalue weighted by molar-refractivity contribution is 0.0417. The van der Waals surface area contributed by atoms with E-state index in [-0.39, 0.29) is 0 Å². The van der Waals surface area contributed by atoms with Crippen molar-refractivity contribution in [2.75, 3.05) is 33.4 Å². The van der Waals surface area contributed by atoms with Gasteiger partial charge in [-0.25, -0.2) is 0 Å². The summed E-state index contributed by atoms with van der Waals surface area (Å²) in [6.45, 7) is 8.00. The number of hydrogen-bond donors (Lipinski definition) is 0. The lowest BCUT2D eigenvalue weighted by Crippen LogP contribution is -2.48. The first-order valence-corrected chi connectivity index (χ1v) is 3.37. The Balaban J connectivity index is 1.98. The van der Waals surface area contributed by atoms with E-state index < -0.39 is 0 Å². The summed E-state index contributed by atoms with van der Waals surface area (Å²) in [7, 11) is 1.76.